The highest BCUT2D eigenvalue weighted by molar-refractivity contribution is 7.98. The van der Waals surface area contributed by atoms with Gasteiger partial charge in [-0.3, -0.25) is 0 Å². The number of nitrogens with one attached hydrogen (secondary N) is 1. The van der Waals surface area contributed by atoms with Crippen LogP contribution in [0.4, 0.5) is 5.69 Å². The second-order valence-electron chi connectivity index (χ2n) is 2.75. The standard InChI is InChI=1S/C9H10N4S/c10-7-1-2-9(13-5-7)14-6-8-11-3-4-12-8/h1-5H,6,10H2,(H,11,12). The van der Waals surface area contributed by atoms with Crippen LogP contribution in [0.1, 0.15) is 5.82 Å². The van der Waals surface area contributed by atoms with Gasteiger partial charge in [-0.05, 0) is 12.1 Å². The number of anilines is 1. The molecule has 0 saturated carbocycles. The van der Waals surface area contributed by atoms with E-state index in [9.17, 15) is 0 Å². The number of imidazole rings is 1. The quantitative estimate of drug-likeness (QED) is 0.750. The Morgan fingerprint density at radius 3 is 2.93 bits per heavy atom. The van der Waals surface area contributed by atoms with Gasteiger partial charge < -0.3 is 10.7 Å². The average molecular weight is 206 g/mol. The SMILES string of the molecule is Nc1ccc(SCc2ncc[nH]2)nc1. The summed E-state index contributed by atoms with van der Waals surface area (Å²) in [4.78, 5) is 11.3. The first kappa shape index (κ1) is 9.08. The molecule has 14 heavy (non-hydrogen) atoms. The van der Waals surface area contributed by atoms with Crippen LogP contribution in [0, 0.1) is 0 Å². The van der Waals surface area contributed by atoms with Gasteiger partial charge in [0.2, 0.25) is 0 Å². The second kappa shape index (κ2) is 4.15. The van der Waals surface area contributed by atoms with Crippen LogP contribution in [0.2, 0.25) is 0 Å². The Balaban J connectivity index is 1.95. The zero-order chi connectivity index (χ0) is 9.80. The Hall–Kier alpha value is -1.49. The van der Waals surface area contributed by atoms with Gasteiger partial charge in [-0.25, -0.2) is 9.97 Å². The van der Waals surface area contributed by atoms with Gasteiger partial charge in [0.05, 0.1) is 22.7 Å². The zero-order valence-electron chi connectivity index (χ0n) is 7.47. The molecule has 0 bridgehead atoms. The minimum Gasteiger partial charge on any atom is -0.397 e. The number of rotatable bonds is 3. The summed E-state index contributed by atoms with van der Waals surface area (Å²) in [5.74, 6) is 1.75. The van der Waals surface area contributed by atoms with Crippen molar-refractivity contribution in [1.29, 1.82) is 0 Å². The molecule has 3 N–H and O–H groups in total. The number of nitrogens with two attached hydrogens (primary N) is 1. The smallest absolute Gasteiger partial charge is 0.116 e. The summed E-state index contributed by atoms with van der Waals surface area (Å²) in [5.41, 5.74) is 6.21. The van der Waals surface area contributed by atoms with E-state index >= 15 is 0 Å². The molecule has 0 aliphatic carbocycles. The van der Waals surface area contributed by atoms with Crippen LogP contribution in [0.5, 0.6) is 0 Å². The monoisotopic (exact) mass is 206 g/mol. The third-order valence-electron chi connectivity index (χ3n) is 1.67. The Kier molecular flexibility index (Phi) is 2.69. The van der Waals surface area contributed by atoms with Crippen LogP contribution in [0.15, 0.2) is 35.7 Å². The highest BCUT2D eigenvalue weighted by atomic mass is 32.2. The summed E-state index contributed by atoms with van der Waals surface area (Å²) in [6, 6.07) is 3.75. The highest BCUT2D eigenvalue weighted by Crippen LogP contribution is 2.19. The molecule has 2 rings (SSSR count). The van der Waals surface area contributed by atoms with Crippen molar-refractivity contribution in [3.63, 3.8) is 0 Å². The fraction of sp³-hybridized carbons (Fsp3) is 0.111. The van der Waals surface area contributed by atoms with Crippen molar-refractivity contribution in [2.24, 2.45) is 0 Å². The summed E-state index contributed by atoms with van der Waals surface area (Å²) in [6.07, 6.45) is 5.21. The molecule has 72 valence electrons. The van der Waals surface area contributed by atoms with E-state index in [1.807, 2.05) is 18.3 Å². The number of nitrogens with zero attached hydrogens (tertiary/aromatic N) is 2. The van der Waals surface area contributed by atoms with Gasteiger partial charge in [0, 0.05) is 12.4 Å². The first-order valence-corrected chi connectivity index (χ1v) is 5.16. The van der Waals surface area contributed by atoms with Gasteiger partial charge in [-0.2, -0.15) is 0 Å². The molecule has 0 fully saturated rings. The largest absolute Gasteiger partial charge is 0.397 e. The van der Waals surface area contributed by atoms with Crippen molar-refractivity contribution in [2.75, 3.05) is 5.73 Å². The summed E-state index contributed by atoms with van der Waals surface area (Å²) in [6.45, 7) is 0. The van der Waals surface area contributed by atoms with Crippen LogP contribution in [-0.2, 0) is 5.75 Å². The molecule has 0 aromatic carbocycles. The molecule has 0 spiro atoms. The van der Waals surface area contributed by atoms with E-state index in [2.05, 4.69) is 15.0 Å². The van der Waals surface area contributed by atoms with Crippen LogP contribution >= 0.6 is 11.8 Å². The molecule has 0 unspecified atom stereocenters. The molecule has 0 aliphatic rings. The lowest BCUT2D eigenvalue weighted by Gasteiger charge is -1.98. The van der Waals surface area contributed by atoms with Gasteiger partial charge >= 0.3 is 0 Å². The van der Waals surface area contributed by atoms with Crippen LogP contribution < -0.4 is 5.73 Å². The topological polar surface area (TPSA) is 67.6 Å². The van der Waals surface area contributed by atoms with E-state index < -0.39 is 0 Å². The van der Waals surface area contributed by atoms with Crippen molar-refractivity contribution in [1.82, 2.24) is 15.0 Å². The third kappa shape index (κ3) is 2.26. The van der Waals surface area contributed by atoms with Crippen molar-refractivity contribution in [3.05, 3.63) is 36.5 Å². The lowest BCUT2D eigenvalue weighted by Crippen LogP contribution is -1.88. The van der Waals surface area contributed by atoms with E-state index in [1.54, 1.807) is 24.2 Å². The molecule has 0 amide bonds. The van der Waals surface area contributed by atoms with Crippen molar-refractivity contribution in [2.45, 2.75) is 10.8 Å². The molecule has 0 aliphatic heterocycles. The third-order valence-corrected chi connectivity index (χ3v) is 2.63. The van der Waals surface area contributed by atoms with Crippen molar-refractivity contribution in [3.8, 4) is 0 Å². The summed E-state index contributed by atoms with van der Waals surface area (Å²) in [5, 5.41) is 0.954. The van der Waals surface area contributed by atoms with Gasteiger partial charge in [0.15, 0.2) is 0 Å². The maximum absolute atomic E-state index is 5.53. The number of hydrogen-bond acceptors (Lipinski definition) is 4. The molecule has 2 heterocycles. The first-order chi connectivity index (χ1) is 6.84. The number of aromatic amines is 1. The minimum atomic E-state index is 0.687. The number of hydrogen-bond donors (Lipinski definition) is 2. The first-order valence-electron chi connectivity index (χ1n) is 4.17. The predicted molar refractivity (Wildman–Crippen MR) is 56.8 cm³/mol. The van der Waals surface area contributed by atoms with Gasteiger partial charge in [-0.15, -0.1) is 0 Å². The highest BCUT2D eigenvalue weighted by Gasteiger charge is 1.98. The Bertz CT molecular complexity index is 382. The van der Waals surface area contributed by atoms with E-state index in [0.717, 1.165) is 16.6 Å². The lowest BCUT2D eigenvalue weighted by atomic mass is 10.4. The molecular weight excluding hydrogens is 196 g/mol. The number of nitrogen functional groups attached to an aromatic ring is 1. The van der Waals surface area contributed by atoms with E-state index in [0.29, 0.717) is 5.69 Å². The van der Waals surface area contributed by atoms with Crippen molar-refractivity contribution < 1.29 is 0 Å². The second-order valence-corrected chi connectivity index (χ2v) is 3.75. The molecule has 0 atom stereocenters. The van der Waals surface area contributed by atoms with Gasteiger partial charge in [0.1, 0.15) is 5.82 Å². The molecular formula is C9H10N4S. The average Bonchev–Trinajstić information content (AvgIpc) is 2.70. The van der Waals surface area contributed by atoms with E-state index in [4.69, 9.17) is 5.73 Å². The molecule has 2 aromatic rings. The summed E-state index contributed by atoms with van der Waals surface area (Å²) in [7, 11) is 0. The number of thioether (sulfide) groups is 1. The van der Waals surface area contributed by atoms with Gasteiger partial charge in [0.25, 0.3) is 0 Å². The fourth-order valence-corrected chi connectivity index (χ4v) is 1.73. The summed E-state index contributed by atoms with van der Waals surface area (Å²) >= 11 is 1.63. The molecule has 0 saturated heterocycles. The zero-order valence-corrected chi connectivity index (χ0v) is 8.29. The Labute approximate surface area is 86.0 Å². The number of H-pyrrole nitrogens is 1. The normalized spacial score (nSPS) is 10.3. The molecule has 2 aromatic heterocycles. The van der Waals surface area contributed by atoms with Crippen molar-refractivity contribution >= 4 is 17.4 Å². The maximum Gasteiger partial charge on any atom is 0.116 e. The minimum absolute atomic E-state index is 0.687. The molecule has 5 heteroatoms. The number of aromatic nitrogens is 3. The Morgan fingerprint density at radius 2 is 2.29 bits per heavy atom. The van der Waals surface area contributed by atoms with Crippen LogP contribution in [0.25, 0.3) is 0 Å². The molecule has 4 nitrogen and oxygen atoms in total. The summed E-state index contributed by atoms with van der Waals surface area (Å²) < 4.78 is 0. The molecule has 0 radical (unpaired) electrons. The Morgan fingerprint density at radius 1 is 1.36 bits per heavy atom. The van der Waals surface area contributed by atoms with Crippen LogP contribution in [0.3, 0.4) is 0 Å². The maximum atomic E-state index is 5.53. The van der Waals surface area contributed by atoms with Crippen LogP contribution in [-0.4, -0.2) is 15.0 Å². The predicted octanol–water partition coefficient (Wildman–Crippen LogP) is 1.68. The lowest BCUT2D eigenvalue weighted by molar-refractivity contribution is 1.10. The van der Waals surface area contributed by atoms with E-state index in [-0.39, 0.29) is 0 Å². The number of pyridine rings is 1. The van der Waals surface area contributed by atoms with Gasteiger partial charge in [-0.1, -0.05) is 11.8 Å². The van der Waals surface area contributed by atoms with E-state index in [1.165, 1.54) is 0 Å². The fourth-order valence-electron chi connectivity index (χ4n) is 0.996.